The Morgan fingerprint density at radius 1 is 1.07 bits per heavy atom. The van der Waals surface area contributed by atoms with Gasteiger partial charge in [0.1, 0.15) is 16.5 Å². The summed E-state index contributed by atoms with van der Waals surface area (Å²) in [6.07, 6.45) is 6.30. The van der Waals surface area contributed by atoms with Crippen LogP contribution in [0.1, 0.15) is 55.0 Å². The summed E-state index contributed by atoms with van der Waals surface area (Å²) in [5.74, 6) is 3.92. The Kier molecular flexibility index (Phi) is 5.67. The van der Waals surface area contributed by atoms with Gasteiger partial charge in [0, 0.05) is 12.5 Å². The predicted molar refractivity (Wildman–Crippen MR) is 115 cm³/mol. The van der Waals surface area contributed by atoms with Gasteiger partial charge in [-0.25, -0.2) is 9.97 Å². The molecule has 3 aromatic rings. The first-order valence-corrected chi connectivity index (χ1v) is 10.8. The van der Waals surface area contributed by atoms with Crippen LogP contribution in [0.3, 0.4) is 0 Å². The molecule has 0 atom stereocenters. The van der Waals surface area contributed by atoms with E-state index in [0.29, 0.717) is 12.5 Å². The third-order valence-electron chi connectivity index (χ3n) is 5.51. The van der Waals surface area contributed by atoms with E-state index in [1.165, 1.54) is 37.7 Å². The molecule has 28 heavy (non-hydrogen) atoms. The van der Waals surface area contributed by atoms with Gasteiger partial charge in [-0.1, -0.05) is 25.3 Å². The highest BCUT2D eigenvalue weighted by Crippen LogP contribution is 2.36. The summed E-state index contributed by atoms with van der Waals surface area (Å²) in [7, 11) is 3.31. The van der Waals surface area contributed by atoms with Gasteiger partial charge in [0.05, 0.1) is 19.6 Å². The van der Waals surface area contributed by atoms with E-state index in [-0.39, 0.29) is 0 Å². The molecule has 0 radical (unpaired) electrons. The van der Waals surface area contributed by atoms with Crippen LogP contribution < -0.4 is 14.8 Å². The number of ether oxygens (including phenoxy) is 2. The molecule has 4 rings (SSSR count). The highest BCUT2D eigenvalue weighted by molar-refractivity contribution is 7.17. The van der Waals surface area contributed by atoms with E-state index < -0.39 is 0 Å². The van der Waals surface area contributed by atoms with Crippen molar-refractivity contribution in [1.29, 1.82) is 0 Å². The summed E-state index contributed by atoms with van der Waals surface area (Å²) in [6.45, 7) is 2.80. The maximum Gasteiger partial charge on any atom is 0.161 e. The zero-order valence-electron chi connectivity index (χ0n) is 16.7. The van der Waals surface area contributed by atoms with Crippen molar-refractivity contribution in [3.63, 3.8) is 0 Å². The second-order valence-electron chi connectivity index (χ2n) is 7.41. The molecule has 1 saturated carbocycles. The first-order valence-electron chi connectivity index (χ1n) is 9.90. The number of nitrogens with one attached hydrogen (secondary N) is 1. The third-order valence-corrected chi connectivity index (χ3v) is 6.50. The van der Waals surface area contributed by atoms with Gasteiger partial charge in [0.15, 0.2) is 11.5 Å². The number of aryl methyl sites for hydroxylation is 1. The van der Waals surface area contributed by atoms with Crippen molar-refractivity contribution in [2.75, 3.05) is 19.5 Å². The summed E-state index contributed by atoms with van der Waals surface area (Å²) in [5.41, 5.74) is 2.35. The van der Waals surface area contributed by atoms with E-state index in [1.807, 2.05) is 12.1 Å². The van der Waals surface area contributed by atoms with Crippen molar-refractivity contribution < 1.29 is 9.47 Å². The van der Waals surface area contributed by atoms with E-state index in [9.17, 15) is 0 Å². The van der Waals surface area contributed by atoms with E-state index in [1.54, 1.807) is 25.6 Å². The minimum atomic E-state index is 0.488. The molecule has 0 unspecified atom stereocenters. The number of nitrogens with zero attached hydrogens (tertiary/aromatic N) is 2. The fraction of sp³-hybridized carbons (Fsp3) is 0.455. The van der Waals surface area contributed by atoms with Gasteiger partial charge in [-0.3, -0.25) is 0 Å². The quantitative estimate of drug-likeness (QED) is 0.580. The molecule has 0 saturated heterocycles. The van der Waals surface area contributed by atoms with Gasteiger partial charge in [-0.05, 0) is 48.4 Å². The highest BCUT2D eigenvalue weighted by atomic mass is 32.1. The van der Waals surface area contributed by atoms with Crippen LogP contribution in [0.25, 0.3) is 10.2 Å². The molecule has 1 aliphatic rings. The number of aromatic nitrogens is 2. The Bertz CT molecular complexity index is 964. The standard InChI is InChI=1S/C22H27N3O2S/c1-14-13-28-22-19(14)21(24-20(25-22)16-7-5-4-6-8-16)23-12-15-9-10-17(26-2)18(11-15)27-3/h9-11,13,16H,4-8,12H2,1-3H3,(H,23,24,25). The highest BCUT2D eigenvalue weighted by Gasteiger charge is 2.21. The van der Waals surface area contributed by atoms with Crippen molar-refractivity contribution in [1.82, 2.24) is 9.97 Å². The Morgan fingerprint density at radius 3 is 2.61 bits per heavy atom. The molecular formula is C22H27N3O2S. The van der Waals surface area contributed by atoms with Crippen LogP contribution in [0.5, 0.6) is 11.5 Å². The zero-order chi connectivity index (χ0) is 19.5. The lowest BCUT2D eigenvalue weighted by atomic mass is 9.88. The van der Waals surface area contributed by atoms with Crippen molar-refractivity contribution in [3.05, 3.63) is 40.5 Å². The molecule has 0 aliphatic heterocycles. The van der Waals surface area contributed by atoms with Crippen LogP contribution >= 0.6 is 11.3 Å². The Hall–Kier alpha value is -2.34. The molecule has 148 valence electrons. The van der Waals surface area contributed by atoms with Crippen LogP contribution in [0.4, 0.5) is 5.82 Å². The van der Waals surface area contributed by atoms with Crippen molar-refractivity contribution >= 4 is 27.4 Å². The van der Waals surface area contributed by atoms with Crippen molar-refractivity contribution in [2.45, 2.75) is 51.5 Å². The average molecular weight is 398 g/mol. The van der Waals surface area contributed by atoms with Gasteiger partial charge in [0.25, 0.3) is 0 Å². The van der Waals surface area contributed by atoms with Crippen LogP contribution in [-0.2, 0) is 6.54 Å². The van der Waals surface area contributed by atoms with Crippen LogP contribution in [0.2, 0.25) is 0 Å². The Morgan fingerprint density at radius 2 is 1.86 bits per heavy atom. The van der Waals surface area contributed by atoms with E-state index in [0.717, 1.165) is 38.9 Å². The number of thiophene rings is 1. The zero-order valence-corrected chi connectivity index (χ0v) is 17.6. The minimum absolute atomic E-state index is 0.488. The normalized spacial score (nSPS) is 15.0. The molecule has 0 amide bonds. The second-order valence-corrected chi connectivity index (χ2v) is 8.27. The van der Waals surface area contributed by atoms with Crippen LogP contribution in [-0.4, -0.2) is 24.2 Å². The summed E-state index contributed by atoms with van der Waals surface area (Å²) in [5, 5.41) is 6.87. The summed E-state index contributed by atoms with van der Waals surface area (Å²) >= 11 is 1.71. The smallest absolute Gasteiger partial charge is 0.161 e. The minimum Gasteiger partial charge on any atom is -0.493 e. The topological polar surface area (TPSA) is 56.3 Å². The number of fused-ring (bicyclic) bond motifs is 1. The number of hydrogen-bond donors (Lipinski definition) is 1. The van der Waals surface area contributed by atoms with Crippen molar-refractivity contribution in [3.8, 4) is 11.5 Å². The molecule has 5 nitrogen and oxygen atoms in total. The molecule has 2 aromatic heterocycles. The van der Waals surface area contributed by atoms with Crippen LogP contribution in [0, 0.1) is 6.92 Å². The lowest BCUT2D eigenvalue weighted by molar-refractivity contribution is 0.354. The number of rotatable bonds is 6. The molecule has 1 fully saturated rings. The van der Waals surface area contributed by atoms with Crippen molar-refractivity contribution in [2.24, 2.45) is 0 Å². The van der Waals surface area contributed by atoms with Gasteiger partial charge in [-0.15, -0.1) is 11.3 Å². The third kappa shape index (κ3) is 3.78. The average Bonchev–Trinajstić information content (AvgIpc) is 3.13. The van der Waals surface area contributed by atoms with Gasteiger partial charge >= 0.3 is 0 Å². The first kappa shape index (κ1) is 19.0. The number of methoxy groups -OCH3 is 2. The summed E-state index contributed by atoms with van der Waals surface area (Å²) in [6, 6.07) is 6.00. The Labute approximate surface area is 170 Å². The predicted octanol–water partition coefficient (Wildman–Crippen LogP) is 5.68. The van der Waals surface area contributed by atoms with Gasteiger partial charge in [0.2, 0.25) is 0 Å². The lowest BCUT2D eigenvalue weighted by Crippen LogP contribution is -2.11. The van der Waals surface area contributed by atoms with Crippen LogP contribution in [0.15, 0.2) is 23.6 Å². The SMILES string of the molecule is COc1ccc(CNc2nc(C3CCCCC3)nc3scc(C)c23)cc1OC. The van der Waals surface area contributed by atoms with Gasteiger partial charge in [-0.2, -0.15) is 0 Å². The fourth-order valence-electron chi connectivity index (χ4n) is 3.95. The molecule has 0 bridgehead atoms. The summed E-state index contributed by atoms with van der Waals surface area (Å²) < 4.78 is 10.8. The molecule has 1 N–H and O–H groups in total. The molecule has 2 heterocycles. The van der Waals surface area contributed by atoms with E-state index in [2.05, 4.69) is 23.7 Å². The maximum absolute atomic E-state index is 5.43. The molecule has 1 aliphatic carbocycles. The van der Waals surface area contributed by atoms with E-state index in [4.69, 9.17) is 19.4 Å². The van der Waals surface area contributed by atoms with E-state index >= 15 is 0 Å². The van der Waals surface area contributed by atoms with Gasteiger partial charge < -0.3 is 14.8 Å². The fourth-order valence-corrected chi connectivity index (χ4v) is 4.88. The first-order chi connectivity index (χ1) is 13.7. The largest absolute Gasteiger partial charge is 0.493 e. The lowest BCUT2D eigenvalue weighted by Gasteiger charge is -2.21. The maximum atomic E-state index is 5.43. The molecule has 1 aromatic carbocycles. The second kappa shape index (κ2) is 8.35. The molecule has 6 heteroatoms. The monoisotopic (exact) mass is 397 g/mol. The summed E-state index contributed by atoms with van der Waals surface area (Å²) in [4.78, 5) is 11.0. The number of benzene rings is 1. The molecule has 0 spiro atoms. The number of hydrogen-bond acceptors (Lipinski definition) is 6. The Balaban J connectivity index is 1.63. The number of anilines is 1. The molecular weight excluding hydrogens is 370 g/mol.